The monoisotopic (exact) mass is 263 g/mol. The molecule has 5 heteroatoms. The minimum absolute atomic E-state index is 0.132. The molecule has 0 saturated carbocycles. The van der Waals surface area contributed by atoms with Gasteiger partial charge >= 0.3 is 0 Å². The first-order valence-electron chi connectivity index (χ1n) is 5.81. The van der Waals surface area contributed by atoms with Crippen molar-refractivity contribution in [3.05, 3.63) is 48.0 Å². The molecule has 0 saturated heterocycles. The van der Waals surface area contributed by atoms with Crippen molar-refractivity contribution in [3.63, 3.8) is 0 Å². The average molecular weight is 263 g/mol. The first-order valence-corrected chi connectivity index (χ1v) is 5.81. The molecule has 0 aliphatic carbocycles. The molecule has 1 atom stereocenters. The van der Waals surface area contributed by atoms with Crippen LogP contribution in [0.15, 0.2) is 36.4 Å². The van der Waals surface area contributed by atoms with Gasteiger partial charge < -0.3 is 15.2 Å². The van der Waals surface area contributed by atoms with Crippen LogP contribution in [0, 0.1) is 11.6 Å². The fraction of sp³-hybridized carbons (Fsp3) is 0.143. The molecule has 0 spiro atoms. The first kappa shape index (κ1) is 11.9. The zero-order valence-corrected chi connectivity index (χ0v) is 9.90. The van der Waals surface area contributed by atoms with Crippen LogP contribution in [0.1, 0.15) is 0 Å². The Hall–Kier alpha value is -2.14. The van der Waals surface area contributed by atoms with E-state index in [0.29, 0.717) is 11.3 Å². The van der Waals surface area contributed by atoms with Gasteiger partial charge in [-0.1, -0.05) is 18.2 Å². The van der Waals surface area contributed by atoms with Gasteiger partial charge in [-0.3, -0.25) is 0 Å². The molecule has 0 bridgehead atoms. The Bertz CT molecular complexity index is 631. The molecule has 0 fully saturated rings. The van der Waals surface area contributed by atoms with Crippen molar-refractivity contribution in [1.82, 2.24) is 0 Å². The Kier molecular flexibility index (Phi) is 2.83. The largest absolute Gasteiger partial charge is 0.449 e. The van der Waals surface area contributed by atoms with Gasteiger partial charge in [0.15, 0.2) is 11.5 Å². The topological polar surface area (TPSA) is 44.5 Å². The van der Waals surface area contributed by atoms with Crippen LogP contribution in [0.5, 0.6) is 11.5 Å². The van der Waals surface area contributed by atoms with Gasteiger partial charge in [-0.05, 0) is 12.1 Å². The van der Waals surface area contributed by atoms with Gasteiger partial charge in [-0.25, -0.2) is 8.78 Å². The summed E-state index contributed by atoms with van der Waals surface area (Å²) in [6.07, 6.45) is -0.665. The summed E-state index contributed by atoms with van der Waals surface area (Å²) in [7, 11) is 0. The maximum absolute atomic E-state index is 13.8. The second kappa shape index (κ2) is 4.51. The molecule has 2 aromatic carbocycles. The molecule has 1 heterocycles. The van der Waals surface area contributed by atoms with E-state index in [4.69, 9.17) is 15.2 Å². The molecule has 19 heavy (non-hydrogen) atoms. The standard InChI is InChI=1S/C14H11F2NO2/c15-8-5-10(9-3-1-2-4-11(9)16)14-12(6-8)18-13(7-17)19-14/h1-6,13H,7,17H2. The Morgan fingerprint density at radius 2 is 1.84 bits per heavy atom. The summed E-state index contributed by atoms with van der Waals surface area (Å²) in [6, 6.07) is 8.53. The Labute approximate surface area is 108 Å². The van der Waals surface area contributed by atoms with Crippen LogP contribution in [0.25, 0.3) is 11.1 Å². The highest BCUT2D eigenvalue weighted by atomic mass is 19.1. The van der Waals surface area contributed by atoms with Crippen molar-refractivity contribution < 1.29 is 18.3 Å². The van der Waals surface area contributed by atoms with Crippen molar-refractivity contribution in [2.45, 2.75) is 6.29 Å². The van der Waals surface area contributed by atoms with Gasteiger partial charge in [0.25, 0.3) is 6.29 Å². The summed E-state index contributed by atoms with van der Waals surface area (Å²) < 4.78 is 38.2. The van der Waals surface area contributed by atoms with Gasteiger partial charge in [0.2, 0.25) is 0 Å². The highest BCUT2D eigenvalue weighted by Gasteiger charge is 2.28. The fourth-order valence-electron chi connectivity index (χ4n) is 2.05. The van der Waals surface area contributed by atoms with Crippen LogP contribution in [-0.4, -0.2) is 12.8 Å². The third-order valence-electron chi connectivity index (χ3n) is 2.88. The van der Waals surface area contributed by atoms with E-state index in [-0.39, 0.29) is 17.9 Å². The normalized spacial score (nSPS) is 16.7. The van der Waals surface area contributed by atoms with Gasteiger partial charge in [0.1, 0.15) is 11.6 Å². The number of rotatable bonds is 2. The van der Waals surface area contributed by atoms with Crippen LogP contribution < -0.4 is 15.2 Å². The smallest absolute Gasteiger partial charge is 0.253 e. The molecule has 2 aromatic rings. The summed E-state index contributed by atoms with van der Waals surface area (Å²) in [4.78, 5) is 0. The Morgan fingerprint density at radius 1 is 1.05 bits per heavy atom. The summed E-state index contributed by atoms with van der Waals surface area (Å²) in [5.41, 5.74) is 6.04. The lowest BCUT2D eigenvalue weighted by atomic mass is 10.0. The van der Waals surface area contributed by atoms with E-state index in [1.165, 1.54) is 18.2 Å². The minimum atomic E-state index is -0.665. The van der Waals surface area contributed by atoms with Crippen LogP contribution in [0.4, 0.5) is 8.78 Å². The van der Waals surface area contributed by atoms with Gasteiger partial charge in [0, 0.05) is 17.2 Å². The molecule has 1 aliphatic heterocycles. The highest BCUT2D eigenvalue weighted by Crippen LogP contribution is 2.44. The molecule has 3 rings (SSSR count). The molecule has 0 aromatic heterocycles. The Balaban J connectivity index is 2.16. The molecule has 0 radical (unpaired) electrons. The lowest BCUT2D eigenvalue weighted by molar-refractivity contribution is 0.0582. The van der Waals surface area contributed by atoms with Crippen LogP contribution in [0.2, 0.25) is 0 Å². The second-order valence-electron chi connectivity index (χ2n) is 4.16. The summed E-state index contributed by atoms with van der Waals surface area (Å²) in [5, 5.41) is 0. The van der Waals surface area contributed by atoms with Crippen LogP contribution in [0.3, 0.4) is 0 Å². The van der Waals surface area contributed by atoms with Crippen molar-refractivity contribution in [2.24, 2.45) is 5.73 Å². The van der Waals surface area contributed by atoms with Crippen LogP contribution in [-0.2, 0) is 0 Å². The molecule has 2 N–H and O–H groups in total. The number of nitrogens with two attached hydrogens (primary N) is 1. The molecule has 1 unspecified atom stereocenters. The number of halogens is 2. The van der Waals surface area contributed by atoms with E-state index in [1.54, 1.807) is 18.2 Å². The third-order valence-corrected chi connectivity index (χ3v) is 2.88. The van der Waals surface area contributed by atoms with Gasteiger partial charge in [-0.15, -0.1) is 0 Å². The summed E-state index contributed by atoms with van der Waals surface area (Å²) in [6.45, 7) is 0.132. The third kappa shape index (κ3) is 2.02. The van der Waals surface area contributed by atoms with E-state index in [1.807, 2.05) is 0 Å². The zero-order chi connectivity index (χ0) is 13.4. The predicted molar refractivity (Wildman–Crippen MR) is 65.9 cm³/mol. The van der Waals surface area contributed by atoms with E-state index in [9.17, 15) is 8.78 Å². The molecule has 98 valence electrons. The molecule has 1 aliphatic rings. The summed E-state index contributed by atoms with van der Waals surface area (Å²) >= 11 is 0. The lowest BCUT2D eigenvalue weighted by Gasteiger charge is -2.08. The summed E-state index contributed by atoms with van der Waals surface area (Å²) in [5.74, 6) is -0.399. The van der Waals surface area contributed by atoms with E-state index >= 15 is 0 Å². The number of benzene rings is 2. The maximum Gasteiger partial charge on any atom is 0.253 e. The number of hydrogen-bond donors (Lipinski definition) is 1. The van der Waals surface area contributed by atoms with Gasteiger partial charge in [0.05, 0.1) is 6.54 Å². The average Bonchev–Trinajstić information content (AvgIpc) is 2.81. The predicted octanol–water partition coefficient (Wildman–Crippen LogP) is 2.69. The molecular formula is C14H11F2NO2. The first-order chi connectivity index (χ1) is 9.19. The second-order valence-corrected chi connectivity index (χ2v) is 4.16. The van der Waals surface area contributed by atoms with E-state index in [0.717, 1.165) is 0 Å². The number of ether oxygens (including phenoxy) is 2. The zero-order valence-electron chi connectivity index (χ0n) is 9.90. The molecule has 0 amide bonds. The van der Waals surface area contributed by atoms with E-state index in [2.05, 4.69) is 0 Å². The Morgan fingerprint density at radius 3 is 2.58 bits per heavy atom. The maximum atomic E-state index is 13.8. The van der Waals surface area contributed by atoms with Gasteiger partial charge in [-0.2, -0.15) is 0 Å². The van der Waals surface area contributed by atoms with Crippen molar-refractivity contribution in [2.75, 3.05) is 6.54 Å². The highest BCUT2D eigenvalue weighted by molar-refractivity contribution is 5.75. The molecule has 3 nitrogen and oxygen atoms in total. The van der Waals surface area contributed by atoms with Crippen molar-refractivity contribution in [3.8, 4) is 22.6 Å². The van der Waals surface area contributed by atoms with E-state index < -0.39 is 17.9 Å². The SMILES string of the molecule is NCC1Oc2cc(F)cc(-c3ccccc3F)c2O1. The number of hydrogen-bond acceptors (Lipinski definition) is 3. The van der Waals surface area contributed by atoms with Crippen molar-refractivity contribution >= 4 is 0 Å². The minimum Gasteiger partial charge on any atom is -0.449 e. The fourth-order valence-corrected chi connectivity index (χ4v) is 2.05. The quantitative estimate of drug-likeness (QED) is 0.906. The molecular weight excluding hydrogens is 252 g/mol. The van der Waals surface area contributed by atoms with Crippen molar-refractivity contribution in [1.29, 1.82) is 0 Å². The lowest BCUT2D eigenvalue weighted by Crippen LogP contribution is -2.28. The van der Waals surface area contributed by atoms with Crippen LogP contribution >= 0.6 is 0 Å². The number of fused-ring (bicyclic) bond motifs is 1.